The Kier molecular flexibility index (Phi) is 7.16. The second-order valence-electron chi connectivity index (χ2n) is 6.11. The highest BCUT2D eigenvalue weighted by molar-refractivity contribution is 5.93. The van der Waals surface area contributed by atoms with Crippen LogP contribution in [0.5, 0.6) is 0 Å². The molecule has 0 aliphatic carbocycles. The summed E-state index contributed by atoms with van der Waals surface area (Å²) in [7, 11) is 1.83. The van der Waals surface area contributed by atoms with Crippen LogP contribution in [0.4, 0.5) is 5.69 Å². The summed E-state index contributed by atoms with van der Waals surface area (Å²) in [6.45, 7) is 4.42. The van der Waals surface area contributed by atoms with Crippen LogP contribution in [0.3, 0.4) is 0 Å². The van der Waals surface area contributed by atoms with Gasteiger partial charge in [0, 0.05) is 30.9 Å². The number of fused-ring (bicyclic) bond motifs is 1. The number of carboxylic acid groups (broad SMARTS) is 1. The Hall–Kier alpha value is -2.18. The van der Waals surface area contributed by atoms with Gasteiger partial charge in [-0.05, 0) is 38.1 Å². The van der Waals surface area contributed by atoms with Crippen molar-refractivity contribution in [3.63, 3.8) is 0 Å². The van der Waals surface area contributed by atoms with E-state index in [1.165, 1.54) is 0 Å². The SMILES string of the molecule is CCN(CCO)CCCC(C(=O)O)N(C)c1ccnc2ccccc12. The average molecular weight is 345 g/mol. The van der Waals surface area contributed by atoms with Crippen molar-refractivity contribution in [1.82, 2.24) is 9.88 Å². The summed E-state index contributed by atoms with van der Waals surface area (Å²) in [5.74, 6) is -0.825. The molecule has 0 bridgehead atoms. The van der Waals surface area contributed by atoms with Gasteiger partial charge in [-0.1, -0.05) is 25.1 Å². The van der Waals surface area contributed by atoms with E-state index in [9.17, 15) is 9.90 Å². The number of nitrogens with zero attached hydrogens (tertiary/aromatic N) is 3. The van der Waals surface area contributed by atoms with Crippen LogP contribution in [0, 0.1) is 0 Å². The molecule has 0 saturated heterocycles. The fourth-order valence-electron chi connectivity index (χ4n) is 3.12. The zero-order valence-electron chi connectivity index (χ0n) is 14.9. The van der Waals surface area contributed by atoms with Crippen molar-refractivity contribution in [3.05, 3.63) is 36.5 Å². The standard InChI is InChI=1S/C19H27N3O3/c1-3-22(13-14-23)12-6-9-18(19(24)25)21(2)17-10-11-20-16-8-5-4-7-15(16)17/h4-5,7-8,10-11,18,23H,3,6,9,12-14H2,1-2H3,(H,24,25). The molecule has 0 aliphatic rings. The fraction of sp³-hybridized carbons (Fsp3) is 0.474. The summed E-state index contributed by atoms with van der Waals surface area (Å²) >= 11 is 0. The van der Waals surface area contributed by atoms with Crippen LogP contribution in [-0.4, -0.2) is 65.4 Å². The van der Waals surface area contributed by atoms with Crippen molar-refractivity contribution in [3.8, 4) is 0 Å². The number of carbonyl (C=O) groups is 1. The third-order valence-electron chi connectivity index (χ3n) is 4.57. The molecule has 0 saturated carbocycles. The second kappa shape index (κ2) is 9.34. The molecule has 0 spiro atoms. The number of hydrogen-bond acceptors (Lipinski definition) is 5. The minimum absolute atomic E-state index is 0.124. The molecule has 1 atom stereocenters. The number of carboxylic acids is 1. The third kappa shape index (κ3) is 4.90. The van der Waals surface area contributed by atoms with Crippen LogP contribution in [0.2, 0.25) is 0 Å². The predicted molar refractivity (Wildman–Crippen MR) is 100 cm³/mol. The molecule has 6 nitrogen and oxygen atoms in total. The lowest BCUT2D eigenvalue weighted by atomic mass is 10.1. The smallest absolute Gasteiger partial charge is 0.326 e. The quantitative estimate of drug-likeness (QED) is 0.688. The molecule has 0 radical (unpaired) electrons. The van der Waals surface area contributed by atoms with E-state index in [2.05, 4.69) is 9.88 Å². The van der Waals surface area contributed by atoms with Crippen molar-refractivity contribution < 1.29 is 15.0 Å². The van der Waals surface area contributed by atoms with Crippen LogP contribution in [0.15, 0.2) is 36.5 Å². The van der Waals surface area contributed by atoms with E-state index < -0.39 is 12.0 Å². The van der Waals surface area contributed by atoms with Gasteiger partial charge >= 0.3 is 5.97 Å². The summed E-state index contributed by atoms with van der Waals surface area (Å²) < 4.78 is 0. The van der Waals surface area contributed by atoms with Crippen LogP contribution in [0.25, 0.3) is 10.9 Å². The van der Waals surface area contributed by atoms with E-state index in [1.807, 2.05) is 49.2 Å². The maximum Gasteiger partial charge on any atom is 0.326 e. The van der Waals surface area contributed by atoms with Crippen LogP contribution in [-0.2, 0) is 4.79 Å². The Morgan fingerprint density at radius 1 is 1.24 bits per heavy atom. The average Bonchev–Trinajstić information content (AvgIpc) is 2.63. The zero-order chi connectivity index (χ0) is 18.2. The van der Waals surface area contributed by atoms with Gasteiger partial charge < -0.3 is 20.0 Å². The summed E-state index contributed by atoms with van der Waals surface area (Å²) in [4.78, 5) is 20.1. The van der Waals surface area contributed by atoms with E-state index in [4.69, 9.17) is 5.11 Å². The van der Waals surface area contributed by atoms with Gasteiger partial charge in [0.25, 0.3) is 0 Å². The number of aliphatic hydroxyl groups excluding tert-OH is 1. The van der Waals surface area contributed by atoms with Gasteiger partial charge in [-0.25, -0.2) is 4.79 Å². The van der Waals surface area contributed by atoms with Gasteiger partial charge in [0.2, 0.25) is 0 Å². The van der Waals surface area contributed by atoms with Crippen molar-refractivity contribution in [2.75, 3.05) is 38.2 Å². The van der Waals surface area contributed by atoms with Gasteiger partial charge in [-0.3, -0.25) is 4.98 Å². The molecule has 0 amide bonds. The van der Waals surface area contributed by atoms with E-state index in [-0.39, 0.29) is 6.61 Å². The predicted octanol–water partition coefficient (Wildman–Crippen LogP) is 2.22. The number of likely N-dealkylation sites (N-methyl/N-ethyl adjacent to an activating group) is 2. The molecular formula is C19H27N3O3. The van der Waals surface area contributed by atoms with Gasteiger partial charge in [0.1, 0.15) is 6.04 Å². The minimum atomic E-state index is -0.825. The zero-order valence-corrected chi connectivity index (χ0v) is 14.9. The monoisotopic (exact) mass is 345 g/mol. The topological polar surface area (TPSA) is 76.9 Å². The highest BCUT2D eigenvalue weighted by Crippen LogP contribution is 2.26. The first-order valence-corrected chi connectivity index (χ1v) is 8.71. The summed E-state index contributed by atoms with van der Waals surface area (Å²) in [6, 6.07) is 9.02. The molecule has 0 aliphatic heterocycles. The second-order valence-corrected chi connectivity index (χ2v) is 6.11. The first kappa shape index (κ1) is 19.1. The summed E-state index contributed by atoms with van der Waals surface area (Å²) in [6.07, 6.45) is 3.02. The van der Waals surface area contributed by atoms with E-state index in [0.717, 1.165) is 36.1 Å². The molecule has 2 N–H and O–H groups in total. The first-order chi connectivity index (χ1) is 12.1. The summed E-state index contributed by atoms with van der Waals surface area (Å²) in [5, 5.41) is 19.7. The van der Waals surface area contributed by atoms with Crippen LogP contribution < -0.4 is 4.90 Å². The van der Waals surface area contributed by atoms with Gasteiger partial charge in [-0.2, -0.15) is 0 Å². The normalized spacial score (nSPS) is 12.5. The summed E-state index contributed by atoms with van der Waals surface area (Å²) in [5.41, 5.74) is 1.73. The molecule has 136 valence electrons. The number of aliphatic carboxylic acids is 1. The first-order valence-electron chi connectivity index (χ1n) is 8.71. The molecule has 0 fully saturated rings. The number of aliphatic hydroxyl groups is 1. The number of benzene rings is 1. The maximum absolute atomic E-state index is 11.8. The molecule has 25 heavy (non-hydrogen) atoms. The molecule has 1 unspecified atom stereocenters. The molecule has 1 aromatic carbocycles. The van der Waals surface area contributed by atoms with Crippen molar-refractivity contribution in [1.29, 1.82) is 0 Å². The Morgan fingerprint density at radius 2 is 2.00 bits per heavy atom. The molecule has 1 aromatic heterocycles. The largest absolute Gasteiger partial charge is 0.480 e. The Labute approximate surface area is 148 Å². The Balaban J connectivity index is 2.12. The number of pyridine rings is 1. The van der Waals surface area contributed by atoms with Gasteiger partial charge in [0.05, 0.1) is 12.1 Å². The number of rotatable bonds is 10. The van der Waals surface area contributed by atoms with E-state index in [0.29, 0.717) is 13.0 Å². The van der Waals surface area contributed by atoms with Gasteiger partial charge in [0.15, 0.2) is 0 Å². The molecule has 2 aromatic rings. The van der Waals surface area contributed by atoms with E-state index >= 15 is 0 Å². The number of para-hydroxylation sites is 1. The van der Waals surface area contributed by atoms with Gasteiger partial charge in [-0.15, -0.1) is 0 Å². The lowest BCUT2D eigenvalue weighted by Gasteiger charge is -2.28. The molecule has 6 heteroatoms. The lowest BCUT2D eigenvalue weighted by Crippen LogP contribution is -2.39. The van der Waals surface area contributed by atoms with Crippen molar-refractivity contribution >= 4 is 22.6 Å². The minimum Gasteiger partial charge on any atom is -0.480 e. The number of anilines is 1. The highest BCUT2D eigenvalue weighted by atomic mass is 16.4. The molecule has 2 rings (SSSR count). The number of hydrogen-bond donors (Lipinski definition) is 2. The highest BCUT2D eigenvalue weighted by Gasteiger charge is 2.24. The maximum atomic E-state index is 11.8. The third-order valence-corrected chi connectivity index (χ3v) is 4.57. The van der Waals surface area contributed by atoms with Crippen LogP contribution >= 0.6 is 0 Å². The Bertz CT molecular complexity index is 687. The number of aromatic nitrogens is 1. The van der Waals surface area contributed by atoms with Crippen molar-refractivity contribution in [2.24, 2.45) is 0 Å². The van der Waals surface area contributed by atoms with E-state index in [1.54, 1.807) is 6.20 Å². The van der Waals surface area contributed by atoms with Crippen molar-refractivity contribution in [2.45, 2.75) is 25.8 Å². The lowest BCUT2D eigenvalue weighted by molar-refractivity contribution is -0.138. The fourth-order valence-corrected chi connectivity index (χ4v) is 3.12. The molecule has 1 heterocycles. The molecular weight excluding hydrogens is 318 g/mol. The van der Waals surface area contributed by atoms with Crippen LogP contribution in [0.1, 0.15) is 19.8 Å². The Morgan fingerprint density at radius 3 is 2.68 bits per heavy atom.